The molecule has 0 aromatic heterocycles. The number of benzene rings is 3. The van der Waals surface area contributed by atoms with Gasteiger partial charge in [-0.25, -0.2) is 0 Å². The van der Waals surface area contributed by atoms with Crippen LogP contribution in [0.5, 0.6) is 0 Å². The molecule has 3 aromatic rings. The lowest BCUT2D eigenvalue weighted by molar-refractivity contribution is 0.479. The van der Waals surface area contributed by atoms with Crippen molar-refractivity contribution in [1.82, 2.24) is 0 Å². The van der Waals surface area contributed by atoms with Gasteiger partial charge in [0.2, 0.25) is 0 Å². The Morgan fingerprint density at radius 3 is 2.32 bits per heavy atom. The van der Waals surface area contributed by atoms with Crippen molar-refractivity contribution < 1.29 is 0 Å². The first-order valence-electron chi connectivity index (χ1n) is 8.44. The number of allylic oxidation sites excluding steroid dienone is 2. The van der Waals surface area contributed by atoms with E-state index in [4.69, 9.17) is 0 Å². The van der Waals surface area contributed by atoms with Crippen molar-refractivity contribution in [2.24, 2.45) is 11.3 Å². The third kappa shape index (κ3) is 1.15. The van der Waals surface area contributed by atoms with Crippen LogP contribution in [-0.4, -0.2) is 0 Å². The van der Waals surface area contributed by atoms with Crippen molar-refractivity contribution in [2.45, 2.75) is 24.7 Å². The van der Waals surface area contributed by atoms with Gasteiger partial charge in [0.15, 0.2) is 0 Å². The monoisotopic (exact) mass is 282 g/mol. The first-order chi connectivity index (χ1) is 10.8. The van der Waals surface area contributed by atoms with Gasteiger partial charge in [0.1, 0.15) is 0 Å². The van der Waals surface area contributed by atoms with Crippen molar-refractivity contribution >= 4 is 21.5 Å². The van der Waals surface area contributed by atoms with Gasteiger partial charge in [-0.05, 0) is 63.8 Å². The highest BCUT2D eigenvalue weighted by Gasteiger charge is 2.73. The lowest BCUT2D eigenvalue weighted by atomic mass is 9.78. The molecule has 22 heavy (non-hydrogen) atoms. The molecule has 0 N–H and O–H groups in total. The van der Waals surface area contributed by atoms with Crippen LogP contribution in [0.4, 0.5) is 0 Å². The summed E-state index contributed by atoms with van der Waals surface area (Å²) in [5.41, 5.74) is 2.55. The molecule has 0 aliphatic heterocycles. The van der Waals surface area contributed by atoms with E-state index in [2.05, 4.69) is 66.7 Å². The molecule has 6 rings (SSSR count). The van der Waals surface area contributed by atoms with Crippen LogP contribution in [-0.2, 0) is 5.41 Å². The van der Waals surface area contributed by atoms with Crippen molar-refractivity contribution in [3.05, 3.63) is 72.3 Å². The topological polar surface area (TPSA) is 0 Å². The van der Waals surface area contributed by atoms with E-state index in [1.165, 1.54) is 40.8 Å². The summed E-state index contributed by atoms with van der Waals surface area (Å²) in [7, 11) is 0. The highest BCUT2D eigenvalue weighted by atomic mass is 14.8. The van der Waals surface area contributed by atoms with E-state index in [0.717, 1.165) is 5.92 Å². The van der Waals surface area contributed by atoms with Gasteiger partial charge in [0, 0.05) is 5.41 Å². The quantitative estimate of drug-likeness (QED) is 0.402. The van der Waals surface area contributed by atoms with Gasteiger partial charge in [0.25, 0.3) is 0 Å². The Labute approximate surface area is 130 Å². The molecule has 2 fully saturated rings. The fraction of sp³-hybridized carbons (Fsp3) is 0.273. The highest BCUT2D eigenvalue weighted by molar-refractivity contribution is 6.09. The van der Waals surface area contributed by atoms with E-state index in [9.17, 15) is 0 Å². The van der Waals surface area contributed by atoms with Gasteiger partial charge in [0.05, 0.1) is 0 Å². The zero-order valence-corrected chi connectivity index (χ0v) is 12.5. The van der Waals surface area contributed by atoms with Crippen molar-refractivity contribution in [2.75, 3.05) is 0 Å². The van der Waals surface area contributed by atoms with Crippen molar-refractivity contribution in [1.29, 1.82) is 0 Å². The van der Waals surface area contributed by atoms with Crippen molar-refractivity contribution in [3.63, 3.8) is 0 Å². The van der Waals surface area contributed by atoms with Crippen LogP contribution in [0.15, 0.2) is 66.7 Å². The molecule has 0 heteroatoms. The van der Waals surface area contributed by atoms with E-state index in [-0.39, 0.29) is 0 Å². The van der Waals surface area contributed by atoms with Gasteiger partial charge < -0.3 is 0 Å². The van der Waals surface area contributed by atoms with Crippen LogP contribution in [0.2, 0.25) is 0 Å². The molecule has 1 spiro atoms. The molecule has 0 unspecified atom stereocenters. The predicted molar refractivity (Wildman–Crippen MR) is 92.0 cm³/mol. The largest absolute Gasteiger partial charge is 0.0839 e. The second-order valence-electron chi connectivity index (χ2n) is 7.49. The number of hydrogen-bond donors (Lipinski definition) is 0. The lowest BCUT2D eigenvalue weighted by Gasteiger charge is -2.25. The normalized spacial score (nSPS) is 30.1. The maximum Gasteiger partial charge on any atom is 0.0119 e. The Hall–Kier alpha value is -2.08. The minimum atomic E-state index is 0.427. The highest BCUT2D eigenvalue weighted by Crippen LogP contribution is 2.78. The Kier molecular flexibility index (Phi) is 1.80. The minimum absolute atomic E-state index is 0.427. The fourth-order valence-electron chi connectivity index (χ4n) is 5.29. The molecule has 0 saturated heterocycles. The molecule has 0 nitrogen and oxygen atoms in total. The SMILES string of the molecule is C1=CC2(CC2)[C@@]2(c3cc4ccccc4c4ccccc34)C[C@@H]12. The van der Waals surface area contributed by atoms with Gasteiger partial charge in [-0.2, -0.15) is 0 Å². The number of hydrogen-bond acceptors (Lipinski definition) is 0. The molecule has 0 radical (unpaired) electrons. The molecular weight excluding hydrogens is 264 g/mol. The third-order valence-corrected chi connectivity index (χ3v) is 6.59. The van der Waals surface area contributed by atoms with Gasteiger partial charge in [-0.3, -0.25) is 0 Å². The predicted octanol–water partition coefficient (Wildman–Crippen LogP) is 5.60. The second kappa shape index (κ2) is 3.46. The Bertz CT molecular complexity index is 974. The summed E-state index contributed by atoms with van der Waals surface area (Å²) in [5.74, 6) is 0.791. The molecule has 0 bridgehead atoms. The summed E-state index contributed by atoms with van der Waals surface area (Å²) >= 11 is 0. The fourth-order valence-corrected chi connectivity index (χ4v) is 5.29. The summed E-state index contributed by atoms with van der Waals surface area (Å²) < 4.78 is 0. The molecule has 0 heterocycles. The average molecular weight is 282 g/mol. The van der Waals surface area contributed by atoms with E-state index in [0.29, 0.717) is 10.8 Å². The minimum Gasteiger partial charge on any atom is -0.0839 e. The maximum absolute atomic E-state index is 2.55. The zero-order valence-electron chi connectivity index (χ0n) is 12.5. The molecule has 106 valence electrons. The van der Waals surface area contributed by atoms with Crippen LogP contribution in [0.3, 0.4) is 0 Å². The molecule has 3 aromatic carbocycles. The molecule has 2 atom stereocenters. The third-order valence-electron chi connectivity index (χ3n) is 6.59. The Morgan fingerprint density at radius 2 is 1.55 bits per heavy atom. The molecular formula is C22H18. The Morgan fingerprint density at radius 1 is 0.818 bits per heavy atom. The van der Waals surface area contributed by atoms with Crippen LogP contribution < -0.4 is 0 Å². The molecule has 2 saturated carbocycles. The van der Waals surface area contributed by atoms with Gasteiger partial charge in [-0.1, -0.05) is 60.7 Å². The Balaban J connectivity index is 1.75. The first kappa shape index (κ1) is 11.5. The summed E-state index contributed by atoms with van der Waals surface area (Å²) in [6, 6.07) is 20.4. The number of fused-ring (bicyclic) bond motifs is 5. The standard InChI is InChI=1S/C22H18/c1-2-6-17-15(5-1)13-20(19-8-4-3-7-18(17)19)22-14-16(22)9-10-21(22)11-12-21/h1-10,13,16H,11-12,14H2/t16-,22+/m1/s1. The van der Waals surface area contributed by atoms with Crippen LogP contribution in [0.25, 0.3) is 21.5 Å². The van der Waals surface area contributed by atoms with Crippen LogP contribution in [0, 0.1) is 11.3 Å². The van der Waals surface area contributed by atoms with E-state index < -0.39 is 0 Å². The van der Waals surface area contributed by atoms with E-state index in [1.54, 1.807) is 5.56 Å². The molecule has 0 amide bonds. The van der Waals surface area contributed by atoms with Gasteiger partial charge in [-0.15, -0.1) is 0 Å². The van der Waals surface area contributed by atoms with E-state index in [1.807, 2.05) is 0 Å². The summed E-state index contributed by atoms with van der Waals surface area (Å²) in [4.78, 5) is 0. The zero-order chi connectivity index (χ0) is 14.4. The van der Waals surface area contributed by atoms with Crippen LogP contribution >= 0.6 is 0 Å². The summed E-state index contributed by atoms with van der Waals surface area (Å²) in [6.45, 7) is 0. The summed E-state index contributed by atoms with van der Waals surface area (Å²) in [6.07, 6.45) is 9.20. The summed E-state index contributed by atoms with van der Waals surface area (Å²) in [5, 5.41) is 5.71. The molecule has 3 aliphatic rings. The number of rotatable bonds is 1. The average Bonchev–Trinajstić information content (AvgIpc) is 3.46. The van der Waals surface area contributed by atoms with Crippen molar-refractivity contribution in [3.8, 4) is 0 Å². The first-order valence-corrected chi connectivity index (χ1v) is 8.44. The van der Waals surface area contributed by atoms with Gasteiger partial charge >= 0.3 is 0 Å². The second-order valence-corrected chi connectivity index (χ2v) is 7.49. The molecule has 3 aliphatic carbocycles. The smallest absolute Gasteiger partial charge is 0.0119 e. The lowest BCUT2D eigenvalue weighted by Crippen LogP contribution is -2.19. The maximum atomic E-state index is 2.55. The van der Waals surface area contributed by atoms with Crippen LogP contribution in [0.1, 0.15) is 24.8 Å². The van der Waals surface area contributed by atoms with E-state index >= 15 is 0 Å².